The van der Waals surface area contributed by atoms with Gasteiger partial charge in [0.15, 0.2) is 0 Å². The van der Waals surface area contributed by atoms with Gasteiger partial charge < -0.3 is 9.84 Å². The highest BCUT2D eigenvalue weighted by Crippen LogP contribution is 2.49. The van der Waals surface area contributed by atoms with Gasteiger partial charge in [0, 0.05) is 15.6 Å². The van der Waals surface area contributed by atoms with Crippen molar-refractivity contribution in [2.75, 3.05) is 6.61 Å². The highest BCUT2D eigenvalue weighted by molar-refractivity contribution is 6.35. The van der Waals surface area contributed by atoms with Gasteiger partial charge in [-0.15, -0.1) is 0 Å². The van der Waals surface area contributed by atoms with E-state index < -0.39 is 17.0 Å². The van der Waals surface area contributed by atoms with Gasteiger partial charge in [-0.25, -0.2) is 9.67 Å². The minimum absolute atomic E-state index is 0.00511. The number of benzene rings is 1. The van der Waals surface area contributed by atoms with Gasteiger partial charge in [0.1, 0.15) is 23.7 Å². The lowest BCUT2D eigenvalue weighted by Gasteiger charge is -2.45. The third-order valence-corrected chi connectivity index (χ3v) is 5.45. The topological polar surface area (TPSA) is 77.2 Å². The molecule has 1 N–H and O–H groups in total. The maximum Gasteiger partial charge on any atom is 0.315 e. The van der Waals surface area contributed by atoms with Crippen LogP contribution in [0, 0.1) is 5.41 Å². The Morgan fingerprint density at radius 3 is 2.46 bits per heavy atom. The number of rotatable bonds is 8. The van der Waals surface area contributed by atoms with Crippen molar-refractivity contribution >= 4 is 29.2 Å². The molecule has 26 heavy (non-hydrogen) atoms. The number of carbonyl (C=O) groups excluding carboxylic acids is 1. The van der Waals surface area contributed by atoms with Crippen LogP contribution in [0.5, 0.6) is 0 Å². The van der Waals surface area contributed by atoms with Crippen molar-refractivity contribution < 1.29 is 14.6 Å². The van der Waals surface area contributed by atoms with Crippen molar-refractivity contribution in [3.05, 3.63) is 46.5 Å². The van der Waals surface area contributed by atoms with Crippen LogP contribution in [0.2, 0.25) is 10.0 Å². The summed E-state index contributed by atoms with van der Waals surface area (Å²) in [7, 11) is 0. The van der Waals surface area contributed by atoms with Crippen LogP contribution in [0.3, 0.4) is 0 Å². The number of carbonyl (C=O) groups is 1. The lowest BCUT2D eigenvalue weighted by atomic mass is 9.64. The van der Waals surface area contributed by atoms with Crippen LogP contribution in [-0.4, -0.2) is 32.4 Å². The van der Waals surface area contributed by atoms with Crippen LogP contribution in [0.4, 0.5) is 0 Å². The molecule has 0 radical (unpaired) electrons. The Labute approximate surface area is 163 Å². The van der Waals surface area contributed by atoms with Crippen LogP contribution in [0.25, 0.3) is 0 Å². The van der Waals surface area contributed by atoms with E-state index in [2.05, 4.69) is 10.1 Å². The molecule has 1 unspecified atom stereocenters. The molecule has 2 aromatic rings. The summed E-state index contributed by atoms with van der Waals surface area (Å²) >= 11 is 12.4. The molecule has 0 bridgehead atoms. The summed E-state index contributed by atoms with van der Waals surface area (Å²) in [4.78, 5) is 16.9. The Morgan fingerprint density at radius 2 is 1.96 bits per heavy atom. The SMILES string of the molecule is CCOC(=O)C(CC)(CC)C(O)(Cn1cncn1)c1ccc(Cl)cc1Cl. The summed E-state index contributed by atoms with van der Waals surface area (Å²) in [6, 6.07) is 4.82. The Balaban J connectivity index is 2.70. The van der Waals surface area contributed by atoms with Crippen molar-refractivity contribution in [2.45, 2.75) is 45.8 Å². The highest BCUT2D eigenvalue weighted by Gasteiger charge is 2.56. The van der Waals surface area contributed by atoms with Crippen LogP contribution >= 0.6 is 23.2 Å². The third-order valence-electron chi connectivity index (χ3n) is 4.90. The predicted octanol–water partition coefficient (Wildman–Crippen LogP) is 3.84. The van der Waals surface area contributed by atoms with Gasteiger partial charge in [0.2, 0.25) is 0 Å². The fraction of sp³-hybridized carbons (Fsp3) is 0.500. The fourth-order valence-electron chi connectivity index (χ4n) is 3.43. The summed E-state index contributed by atoms with van der Waals surface area (Å²) in [5, 5.41) is 16.7. The van der Waals surface area contributed by atoms with Crippen molar-refractivity contribution in [3.63, 3.8) is 0 Å². The second kappa shape index (κ2) is 8.37. The molecular formula is C18H23Cl2N3O3. The number of hydrogen-bond acceptors (Lipinski definition) is 5. The van der Waals surface area contributed by atoms with Gasteiger partial charge in [0.05, 0.1) is 13.2 Å². The number of ether oxygens (including phenoxy) is 1. The Kier molecular flexibility index (Phi) is 6.66. The molecule has 0 spiro atoms. The highest BCUT2D eigenvalue weighted by atomic mass is 35.5. The zero-order chi connectivity index (χ0) is 19.4. The molecule has 0 saturated carbocycles. The molecule has 0 aliphatic heterocycles. The number of aromatic nitrogens is 3. The van der Waals surface area contributed by atoms with Gasteiger partial charge in [-0.05, 0) is 31.9 Å². The summed E-state index contributed by atoms with van der Waals surface area (Å²) in [6.07, 6.45) is 3.56. The minimum Gasteiger partial charge on any atom is -0.465 e. The van der Waals surface area contributed by atoms with E-state index in [0.29, 0.717) is 23.4 Å². The number of halogens is 2. The van der Waals surface area contributed by atoms with E-state index in [1.54, 1.807) is 25.1 Å². The van der Waals surface area contributed by atoms with E-state index >= 15 is 0 Å². The smallest absolute Gasteiger partial charge is 0.315 e. The molecule has 0 amide bonds. The van der Waals surface area contributed by atoms with Crippen LogP contribution in [-0.2, 0) is 21.7 Å². The standard InChI is InChI=1S/C18H23Cl2N3O3/c1-4-17(5-2,16(24)26-6-3)18(25,10-23-12-21-11-22-23)14-8-7-13(19)9-15(14)20/h7-9,11-12,25H,4-6,10H2,1-3H3. The van der Waals surface area contributed by atoms with Gasteiger partial charge in [-0.2, -0.15) is 5.10 Å². The largest absolute Gasteiger partial charge is 0.465 e. The molecule has 1 atom stereocenters. The normalized spacial score (nSPS) is 14.1. The molecule has 6 nitrogen and oxygen atoms in total. The average molecular weight is 400 g/mol. The number of nitrogens with zero attached hydrogens (tertiary/aromatic N) is 3. The van der Waals surface area contributed by atoms with E-state index in [4.69, 9.17) is 27.9 Å². The molecule has 0 aliphatic rings. The molecular weight excluding hydrogens is 377 g/mol. The molecule has 142 valence electrons. The second-order valence-electron chi connectivity index (χ2n) is 6.09. The van der Waals surface area contributed by atoms with E-state index in [0.717, 1.165) is 0 Å². The predicted molar refractivity (Wildman–Crippen MR) is 100 cm³/mol. The molecule has 1 aromatic carbocycles. The first-order valence-corrected chi connectivity index (χ1v) is 9.27. The maximum absolute atomic E-state index is 13.0. The molecule has 1 heterocycles. The van der Waals surface area contributed by atoms with Crippen molar-refractivity contribution in [3.8, 4) is 0 Å². The second-order valence-corrected chi connectivity index (χ2v) is 6.93. The number of esters is 1. The van der Waals surface area contributed by atoms with Gasteiger partial charge in [-0.3, -0.25) is 4.79 Å². The Hall–Kier alpha value is -1.63. The van der Waals surface area contributed by atoms with Gasteiger partial charge in [0.25, 0.3) is 0 Å². The van der Waals surface area contributed by atoms with E-state index in [-0.39, 0.29) is 18.2 Å². The Morgan fingerprint density at radius 1 is 1.27 bits per heavy atom. The van der Waals surface area contributed by atoms with E-state index in [9.17, 15) is 9.90 Å². The van der Waals surface area contributed by atoms with Crippen LogP contribution in [0.1, 0.15) is 39.2 Å². The number of aliphatic hydroxyl groups is 1. The first-order chi connectivity index (χ1) is 12.3. The summed E-state index contributed by atoms with van der Waals surface area (Å²) in [5.74, 6) is -0.473. The quantitative estimate of drug-likeness (QED) is 0.682. The Bertz CT molecular complexity index is 748. The van der Waals surface area contributed by atoms with Crippen molar-refractivity contribution in [1.82, 2.24) is 14.8 Å². The van der Waals surface area contributed by atoms with Crippen molar-refractivity contribution in [1.29, 1.82) is 0 Å². The van der Waals surface area contributed by atoms with E-state index in [1.165, 1.54) is 17.3 Å². The molecule has 0 saturated heterocycles. The van der Waals surface area contributed by atoms with E-state index in [1.807, 2.05) is 13.8 Å². The summed E-state index contributed by atoms with van der Waals surface area (Å²) in [6.45, 7) is 5.63. The monoisotopic (exact) mass is 399 g/mol. The fourth-order valence-corrected chi connectivity index (χ4v) is 3.99. The lowest BCUT2D eigenvalue weighted by molar-refractivity contribution is -0.183. The van der Waals surface area contributed by atoms with Gasteiger partial charge in [-0.1, -0.05) is 43.1 Å². The minimum atomic E-state index is -1.67. The molecule has 0 aliphatic carbocycles. The average Bonchev–Trinajstić information content (AvgIpc) is 3.09. The molecule has 8 heteroatoms. The maximum atomic E-state index is 13.0. The zero-order valence-corrected chi connectivity index (χ0v) is 16.6. The van der Waals surface area contributed by atoms with Crippen LogP contribution < -0.4 is 0 Å². The summed E-state index contributed by atoms with van der Waals surface area (Å²) < 4.78 is 6.80. The molecule has 2 rings (SSSR count). The van der Waals surface area contributed by atoms with Crippen LogP contribution in [0.15, 0.2) is 30.9 Å². The lowest BCUT2D eigenvalue weighted by Crippen LogP contribution is -2.54. The summed E-state index contributed by atoms with van der Waals surface area (Å²) in [5.41, 5.74) is -2.49. The molecule has 0 fully saturated rings. The first-order valence-electron chi connectivity index (χ1n) is 8.52. The first kappa shape index (κ1) is 20.7. The molecule has 1 aromatic heterocycles. The van der Waals surface area contributed by atoms with Gasteiger partial charge >= 0.3 is 5.97 Å². The zero-order valence-electron chi connectivity index (χ0n) is 15.1. The third kappa shape index (κ3) is 3.59. The van der Waals surface area contributed by atoms with Crippen molar-refractivity contribution in [2.24, 2.45) is 5.41 Å². The number of hydrogen-bond donors (Lipinski definition) is 1.